The monoisotopic (exact) mass is 480 g/mol. The quantitative estimate of drug-likeness (QED) is 0.545. The second-order valence-electron chi connectivity index (χ2n) is 8.70. The minimum absolute atomic E-state index is 0.236. The van der Waals surface area contributed by atoms with Crippen LogP contribution in [0.4, 0.5) is 10.2 Å². The second kappa shape index (κ2) is 9.27. The van der Waals surface area contributed by atoms with Gasteiger partial charge in [-0.2, -0.15) is 0 Å². The van der Waals surface area contributed by atoms with E-state index in [9.17, 15) is 4.39 Å². The molecule has 1 saturated carbocycles. The van der Waals surface area contributed by atoms with E-state index in [2.05, 4.69) is 9.89 Å². The minimum Gasteiger partial charge on any atom is -0.404 e. The van der Waals surface area contributed by atoms with Crippen molar-refractivity contribution < 1.29 is 9.13 Å². The van der Waals surface area contributed by atoms with Crippen LogP contribution < -0.4 is 10.6 Å². The largest absolute Gasteiger partial charge is 0.404 e. The Kier molecular flexibility index (Phi) is 6.18. The number of nitrogens with zero attached hydrogens (tertiary/aromatic N) is 5. The summed E-state index contributed by atoms with van der Waals surface area (Å²) in [5.41, 5.74) is 10.3. The number of nitrogens with two attached hydrogens (primary N) is 1. The number of hydrogen-bond donors (Lipinski definition) is 1. The van der Waals surface area contributed by atoms with Crippen molar-refractivity contribution in [2.45, 2.75) is 38.8 Å². The number of aryl methyl sites for hydroxylation is 2. The van der Waals surface area contributed by atoms with Crippen molar-refractivity contribution in [3.8, 4) is 11.3 Å². The maximum absolute atomic E-state index is 14.9. The van der Waals surface area contributed by atoms with Crippen LogP contribution in [-0.2, 0) is 4.74 Å². The first-order chi connectivity index (χ1) is 16.4. The van der Waals surface area contributed by atoms with Gasteiger partial charge < -0.3 is 15.4 Å². The molecular weight excluding hydrogens is 455 g/mol. The van der Waals surface area contributed by atoms with Crippen molar-refractivity contribution in [1.82, 2.24) is 15.0 Å². The third-order valence-electron chi connectivity index (χ3n) is 6.17. The molecule has 2 aliphatic rings. The molecule has 1 atom stereocenters. The number of pyridine rings is 1. The van der Waals surface area contributed by atoms with Gasteiger partial charge in [-0.05, 0) is 44.9 Å². The van der Waals surface area contributed by atoms with E-state index in [-0.39, 0.29) is 6.10 Å². The van der Waals surface area contributed by atoms with Crippen molar-refractivity contribution in [2.75, 3.05) is 24.6 Å². The van der Waals surface area contributed by atoms with Gasteiger partial charge in [0.05, 0.1) is 29.6 Å². The van der Waals surface area contributed by atoms with E-state index < -0.39 is 5.82 Å². The van der Waals surface area contributed by atoms with Gasteiger partial charge in [-0.3, -0.25) is 4.99 Å². The average molecular weight is 481 g/mol. The molecule has 0 radical (unpaired) electrons. The van der Waals surface area contributed by atoms with Gasteiger partial charge in [0.1, 0.15) is 28.9 Å². The van der Waals surface area contributed by atoms with E-state index in [1.165, 1.54) is 6.07 Å². The topological polar surface area (TPSA) is 89.5 Å². The first-order valence-electron chi connectivity index (χ1n) is 11.4. The number of aliphatic imine (C=N–C) groups is 1. The Bertz CT molecular complexity index is 1310. The normalized spacial score (nSPS) is 19.4. The number of hydrogen-bond acceptors (Lipinski definition) is 7. The molecule has 9 heteroatoms. The van der Waals surface area contributed by atoms with E-state index in [0.29, 0.717) is 58.9 Å². The van der Waals surface area contributed by atoms with Gasteiger partial charge in [0, 0.05) is 47.7 Å². The van der Waals surface area contributed by atoms with Crippen LogP contribution in [0.1, 0.15) is 24.2 Å². The number of benzene rings is 1. The molecule has 0 amide bonds. The molecule has 1 aliphatic carbocycles. The molecule has 2 aromatic heterocycles. The summed E-state index contributed by atoms with van der Waals surface area (Å²) in [5, 5.41) is 0.324. The number of anilines is 1. The molecule has 3 heterocycles. The molecule has 1 saturated heterocycles. The second-order valence-corrected chi connectivity index (χ2v) is 9.13. The Hall–Kier alpha value is -3.10. The van der Waals surface area contributed by atoms with Gasteiger partial charge in [0.2, 0.25) is 0 Å². The summed E-state index contributed by atoms with van der Waals surface area (Å²) in [6, 6.07) is 6.87. The lowest BCUT2D eigenvalue weighted by Gasteiger charge is -2.34. The fourth-order valence-electron chi connectivity index (χ4n) is 3.96. The minimum atomic E-state index is -0.456. The van der Waals surface area contributed by atoms with Crippen molar-refractivity contribution in [3.05, 3.63) is 58.3 Å². The zero-order valence-electron chi connectivity index (χ0n) is 19.1. The average Bonchev–Trinajstić information content (AvgIpc) is 3.65. The molecule has 0 unspecified atom stereocenters. The summed E-state index contributed by atoms with van der Waals surface area (Å²) in [5.74, 6) is 0.223. The zero-order valence-corrected chi connectivity index (χ0v) is 19.9. The highest BCUT2D eigenvalue weighted by molar-refractivity contribution is 6.30. The van der Waals surface area contributed by atoms with Crippen molar-refractivity contribution in [2.24, 2.45) is 10.7 Å². The zero-order chi connectivity index (χ0) is 23.8. The van der Waals surface area contributed by atoms with Crippen LogP contribution in [0.25, 0.3) is 22.3 Å². The van der Waals surface area contributed by atoms with Crippen LogP contribution >= 0.6 is 11.6 Å². The highest BCUT2D eigenvalue weighted by atomic mass is 35.5. The predicted octanol–water partition coefficient (Wildman–Crippen LogP) is 4.38. The predicted molar refractivity (Wildman–Crippen MR) is 133 cm³/mol. The molecule has 5 rings (SSSR count). The molecule has 1 aliphatic heterocycles. The Labute approximate surface area is 202 Å². The number of halogens is 2. The van der Waals surface area contributed by atoms with Gasteiger partial charge in [0.25, 0.3) is 0 Å². The van der Waals surface area contributed by atoms with E-state index in [1.54, 1.807) is 18.3 Å². The van der Waals surface area contributed by atoms with Crippen LogP contribution in [0.2, 0.25) is 5.02 Å². The highest BCUT2D eigenvalue weighted by Crippen LogP contribution is 2.32. The summed E-state index contributed by atoms with van der Waals surface area (Å²) in [4.78, 5) is 20.9. The summed E-state index contributed by atoms with van der Waals surface area (Å²) in [6.07, 6.45) is 5.39. The standard InChI is InChI=1S/C25H26ClFN6O/c1-14-15(2)31-25-21(30-14)10-23(32-24(25)19-6-3-17(26)9-20(19)27)33-7-8-34-22(13-33)16(11-28)12-29-18-4-5-18/h3,6,9-12,18,22H,4-5,7-8,13,28H2,1-2H3/b16-11+,29-12?/t22-/m0/s1. The van der Waals surface area contributed by atoms with Crippen LogP contribution in [-0.4, -0.2) is 53.0 Å². The third kappa shape index (κ3) is 4.60. The number of morpholine rings is 1. The first kappa shape index (κ1) is 22.7. The molecule has 0 bridgehead atoms. The number of ether oxygens (including phenoxy) is 1. The van der Waals surface area contributed by atoms with Gasteiger partial charge in [-0.15, -0.1) is 0 Å². The van der Waals surface area contributed by atoms with Crippen LogP contribution in [0.3, 0.4) is 0 Å². The van der Waals surface area contributed by atoms with E-state index in [0.717, 1.165) is 29.8 Å². The van der Waals surface area contributed by atoms with Crippen molar-refractivity contribution in [1.29, 1.82) is 0 Å². The fourth-order valence-corrected chi connectivity index (χ4v) is 4.12. The van der Waals surface area contributed by atoms with E-state index in [4.69, 9.17) is 37.0 Å². The lowest BCUT2D eigenvalue weighted by Crippen LogP contribution is -2.44. The molecule has 7 nitrogen and oxygen atoms in total. The molecule has 2 fully saturated rings. The molecular formula is C25H26ClFN6O. The van der Waals surface area contributed by atoms with Gasteiger partial charge >= 0.3 is 0 Å². The number of fused-ring (bicyclic) bond motifs is 1. The van der Waals surface area contributed by atoms with Crippen LogP contribution in [0.5, 0.6) is 0 Å². The summed E-state index contributed by atoms with van der Waals surface area (Å²) >= 11 is 5.99. The van der Waals surface area contributed by atoms with Crippen molar-refractivity contribution >= 4 is 34.7 Å². The molecule has 0 spiro atoms. The Morgan fingerprint density at radius 1 is 1.21 bits per heavy atom. The first-order valence-corrected chi connectivity index (χ1v) is 11.7. The summed E-state index contributed by atoms with van der Waals surface area (Å²) in [6.45, 7) is 5.47. The van der Waals surface area contributed by atoms with Gasteiger partial charge in [-0.1, -0.05) is 11.6 Å². The fraction of sp³-hybridized carbons (Fsp3) is 0.360. The molecule has 176 valence electrons. The third-order valence-corrected chi connectivity index (χ3v) is 6.41. The molecule has 3 aromatic rings. The number of rotatable bonds is 5. The van der Waals surface area contributed by atoms with Crippen LogP contribution in [0, 0.1) is 19.7 Å². The smallest absolute Gasteiger partial charge is 0.134 e. The molecule has 1 aromatic carbocycles. The van der Waals surface area contributed by atoms with Crippen molar-refractivity contribution in [3.63, 3.8) is 0 Å². The number of aromatic nitrogens is 3. The Morgan fingerprint density at radius 3 is 2.74 bits per heavy atom. The van der Waals surface area contributed by atoms with Gasteiger partial charge in [0.15, 0.2) is 0 Å². The lowest BCUT2D eigenvalue weighted by molar-refractivity contribution is 0.0677. The maximum Gasteiger partial charge on any atom is 0.134 e. The SMILES string of the molecule is Cc1nc2cc(N3CCO[C@H](/C(C=NC4CC4)=C/N)C3)nc(-c3ccc(Cl)cc3F)c2nc1C. The molecule has 2 N–H and O–H groups in total. The summed E-state index contributed by atoms with van der Waals surface area (Å²) in [7, 11) is 0. The molecule has 34 heavy (non-hydrogen) atoms. The highest BCUT2D eigenvalue weighted by Gasteiger charge is 2.27. The van der Waals surface area contributed by atoms with E-state index in [1.807, 2.05) is 26.1 Å². The Morgan fingerprint density at radius 2 is 2.00 bits per heavy atom. The Balaban J connectivity index is 1.56. The lowest BCUT2D eigenvalue weighted by atomic mass is 10.1. The maximum atomic E-state index is 14.9. The van der Waals surface area contributed by atoms with E-state index >= 15 is 0 Å². The van der Waals surface area contributed by atoms with Crippen LogP contribution in [0.15, 0.2) is 41.0 Å². The van der Waals surface area contributed by atoms with Gasteiger partial charge in [-0.25, -0.2) is 19.3 Å². The summed E-state index contributed by atoms with van der Waals surface area (Å²) < 4.78 is 20.9.